The Bertz CT molecular complexity index is 323. The standard InChI is InChI=1S/C15H30O3Si/c1-11-8-15(9-16-13(11)12(2)18-15)10-17-19(6,7)14(3,4)5/h11-13H,8-10H2,1-7H3. The van der Waals surface area contributed by atoms with Gasteiger partial charge in [-0.3, -0.25) is 0 Å². The molecule has 3 aliphatic heterocycles. The topological polar surface area (TPSA) is 27.7 Å². The maximum absolute atomic E-state index is 6.38. The van der Waals surface area contributed by atoms with Crippen LogP contribution in [0.4, 0.5) is 0 Å². The van der Waals surface area contributed by atoms with Gasteiger partial charge in [-0.2, -0.15) is 0 Å². The van der Waals surface area contributed by atoms with Crippen molar-refractivity contribution in [3.05, 3.63) is 0 Å². The first kappa shape index (κ1) is 15.5. The Hall–Kier alpha value is 0.0969. The highest BCUT2D eigenvalue weighted by atomic mass is 28.4. The molecule has 2 bridgehead atoms. The van der Waals surface area contributed by atoms with Gasteiger partial charge in [0.25, 0.3) is 0 Å². The Morgan fingerprint density at radius 3 is 2.37 bits per heavy atom. The Morgan fingerprint density at radius 2 is 1.89 bits per heavy atom. The van der Waals surface area contributed by atoms with Crippen LogP contribution in [0.25, 0.3) is 0 Å². The summed E-state index contributed by atoms with van der Waals surface area (Å²) in [4.78, 5) is 0. The summed E-state index contributed by atoms with van der Waals surface area (Å²) in [5.74, 6) is 0.570. The summed E-state index contributed by atoms with van der Waals surface area (Å²) in [5.41, 5.74) is -0.205. The van der Waals surface area contributed by atoms with Gasteiger partial charge in [0.15, 0.2) is 8.32 Å². The lowest BCUT2D eigenvalue weighted by Gasteiger charge is -2.53. The molecule has 0 N–H and O–H groups in total. The van der Waals surface area contributed by atoms with Gasteiger partial charge in [0.2, 0.25) is 0 Å². The molecule has 0 aromatic heterocycles. The van der Waals surface area contributed by atoms with E-state index in [9.17, 15) is 0 Å². The molecule has 0 spiro atoms. The molecule has 0 aromatic carbocycles. The zero-order valence-electron chi connectivity index (χ0n) is 13.6. The van der Waals surface area contributed by atoms with Crippen LogP contribution in [0, 0.1) is 5.92 Å². The van der Waals surface area contributed by atoms with Crippen molar-refractivity contribution in [1.29, 1.82) is 0 Å². The van der Waals surface area contributed by atoms with Crippen molar-refractivity contribution < 1.29 is 13.9 Å². The van der Waals surface area contributed by atoms with Crippen molar-refractivity contribution in [1.82, 2.24) is 0 Å². The lowest BCUT2D eigenvalue weighted by atomic mass is 9.81. The third-order valence-corrected chi connectivity index (χ3v) is 9.67. The summed E-state index contributed by atoms with van der Waals surface area (Å²) in [6, 6.07) is 0. The second-order valence-corrected chi connectivity index (χ2v) is 12.8. The third-order valence-electron chi connectivity index (χ3n) is 5.19. The van der Waals surface area contributed by atoms with Gasteiger partial charge in [0, 0.05) is 0 Å². The number of hydrogen-bond donors (Lipinski definition) is 0. The van der Waals surface area contributed by atoms with E-state index in [0.717, 1.165) is 6.42 Å². The zero-order valence-corrected chi connectivity index (χ0v) is 14.6. The summed E-state index contributed by atoms with van der Waals surface area (Å²) in [7, 11) is -1.71. The van der Waals surface area contributed by atoms with Crippen LogP contribution in [0.5, 0.6) is 0 Å². The van der Waals surface area contributed by atoms with Crippen molar-refractivity contribution in [2.24, 2.45) is 5.92 Å². The third kappa shape index (κ3) is 2.92. The molecule has 3 nitrogen and oxygen atoms in total. The number of hydrogen-bond acceptors (Lipinski definition) is 3. The van der Waals surface area contributed by atoms with E-state index in [1.807, 2.05) is 0 Å². The lowest BCUT2D eigenvalue weighted by Crippen LogP contribution is -2.63. The van der Waals surface area contributed by atoms with Gasteiger partial charge >= 0.3 is 0 Å². The Labute approximate surface area is 119 Å². The fourth-order valence-corrected chi connectivity index (χ4v) is 4.04. The van der Waals surface area contributed by atoms with E-state index in [-0.39, 0.29) is 22.8 Å². The fraction of sp³-hybridized carbons (Fsp3) is 1.00. The smallest absolute Gasteiger partial charge is 0.192 e. The normalized spacial score (nSPS) is 39.6. The summed E-state index contributed by atoms with van der Waals surface area (Å²) >= 11 is 0. The Balaban J connectivity index is 2.03. The minimum atomic E-state index is -1.71. The predicted octanol–water partition coefficient (Wildman–Crippen LogP) is 3.59. The van der Waals surface area contributed by atoms with Crippen LogP contribution < -0.4 is 0 Å². The lowest BCUT2D eigenvalue weighted by molar-refractivity contribution is -0.290. The molecule has 0 saturated carbocycles. The second-order valence-electron chi connectivity index (χ2n) is 8.01. The average molecular weight is 286 g/mol. The van der Waals surface area contributed by atoms with E-state index >= 15 is 0 Å². The summed E-state index contributed by atoms with van der Waals surface area (Å²) < 4.78 is 18.6. The Morgan fingerprint density at radius 1 is 1.26 bits per heavy atom. The van der Waals surface area contributed by atoms with Crippen molar-refractivity contribution >= 4 is 8.32 Å². The SMILES string of the molecule is CC1CC2(CO[Si](C)(C)C(C)(C)C)COC1C(C)O2. The van der Waals surface area contributed by atoms with Gasteiger partial charge in [-0.25, -0.2) is 0 Å². The van der Waals surface area contributed by atoms with Crippen molar-refractivity contribution in [2.45, 2.75) is 77.0 Å². The molecule has 112 valence electrons. The van der Waals surface area contributed by atoms with Crippen LogP contribution in [-0.2, 0) is 13.9 Å². The van der Waals surface area contributed by atoms with E-state index in [2.05, 4.69) is 47.7 Å². The highest BCUT2D eigenvalue weighted by Gasteiger charge is 2.51. The first-order valence-corrected chi connectivity index (χ1v) is 10.4. The second kappa shape index (κ2) is 4.83. The molecule has 3 aliphatic rings. The van der Waals surface area contributed by atoms with E-state index in [1.165, 1.54) is 0 Å². The molecule has 3 heterocycles. The summed E-state index contributed by atoms with van der Waals surface area (Å²) in [6.07, 6.45) is 1.53. The first-order valence-electron chi connectivity index (χ1n) is 7.50. The zero-order chi connectivity index (χ0) is 14.5. The van der Waals surface area contributed by atoms with Crippen LogP contribution in [0.1, 0.15) is 41.0 Å². The Kier molecular flexibility index (Phi) is 3.94. The molecule has 0 amide bonds. The van der Waals surface area contributed by atoms with E-state index in [4.69, 9.17) is 13.9 Å². The van der Waals surface area contributed by atoms with E-state index < -0.39 is 8.32 Å². The van der Waals surface area contributed by atoms with Crippen molar-refractivity contribution in [2.75, 3.05) is 13.2 Å². The van der Waals surface area contributed by atoms with Gasteiger partial charge in [-0.15, -0.1) is 0 Å². The van der Waals surface area contributed by atoms with Crippen LogP contribution in [0.3, 0.4) is 0 Å². The molecule has 4 unspecified atom stereocenters. The highest BCUT2D eigenvalue weighted by molar-refractivity contribution is 6.74. The molecule has 3 fully saturated rings. The molecule has 4 atom stereocenters. The summed E-state index contributed by atoms with van der Waals surface area (Å²) in [6.45, 7) is 17.2. The van der Waals surface area contributed by atoms with Gasteiger partial charge in [-0.05, 0) is 37.4 Å². The molecule has 19 heavy (non-hydrogen) atoms. The number of rotatable bonds is 3. The number of fused-ring (bicyclic) bond motifs is 3. The molecular weight excluding hydrogens is 256 g/mol. The average Bonchev–Trinajstić information content (AvgIpc) is 2.25. The minimum absolute atomic E-state index is 0.195. The van der Waals surface area contributed by atoms with E-state index in [0.29, 0.717) is 19.1 Å². The monoisotopic (exact) mass is 286 g/mol. The van der Waals surface area contributed by atoms with Gasteiger partial charge in [-0.1, -0.05) is 27.7 Å². The molecular formula is C15H30O3Si. The van der Waals surface area contributed by atoms with Crippen LogP contribution in [-0.4, -0.2) is 39.3 Å². The highest BCUT2D eigenvalue weighted by Crippen LogP contribution is 2.43. The van der Waals surface area contributed by atoms with Crippen LogP contribution >= 0.6 is 0 Å². The van der Waals surface area contributed by atoms with Crippen molar-refractivity contribution in [3.8, 4) is 0 Å². The molecule has 0 radical (unpaired) electrons. The largest absolute Gasteiger partial charge is 0.414 e. The maximum atomic E-state index is 6.38. The molecule has 3 saturated heterocycles. The van der Waals surface area contributed by atoms with Gasteiger partial charge in [0.05, 0.1) is 25.4 Å². The summed E-state index contributed by atoms with van der Waals surface area (Å²) in [5, 5.41) is 0.244. The van der Waals surface area contributed by atoms with Gasteiger partial charge < -0.3 is 13.9 Å². The van der Waals surface area contributed by atoms with E-state index in [1.54, 1.807) is 0 Å². The maximum Gasteiger partial charge on any atom is 0.192 e. The predicted molar refractivity (Wildman–Crippen MR) is 79.9 cm³/mol. The molecule has 3 rings (SSSR count). The van der Waals surface area contributed by atoms with Crippen molar-refractivity contribution in [3.63, 3.8) is 0 Å². The first-order chi connectivity index (χ1) is 8.56. The number of ether oxygens (including phenoxy) is 2. The molecule has 0 aliphatic carbocycles. The fourth-order valence-electron chi connectivity index (χ4n) is 2.98. The van der Waals surface area contributed by atoms with Gasteiger partial charge in [0.1, 0.15) is 5.60 Å². The van der Waals surface area contributed by atoms with Crippen LogP contribution in [0.2, 0.25) is 18.1 Å². The minimum Gasteiger partial charge on any atom is -0.414 e. The van der Waals surface area contributed by atoms with Crippen LogP contribution in [0.15, 0.2) is 0 Å². The molecule has 0 aromatic rings. The quantitative estimate of drug-likeness (QED) is 0.742. The molecule has 4 heteroatoms.